The third-order valence-corrected chi connectivity index (χ3v) is 28.6. The molecule has 9 heterocycles. The normalized spacial score (nSPS) is 11.8. The Morgan fingerprint density at radius 1 is 0.128 bits per heavy atom. The van der Waals surface area contributed by atoms with Crippen LogP contribution in [0.1, 0.15) is 0 Å². The van der Waals surface area contributed by atoms with E-state index in [2.05, 4.69) is 537 Å². The van der Waals surface area contributed by atoms with Gasteiger partial charge in [-0.25, -0.2) is 0 Å². The maximum absolute atomic E-state index is 6.52. The van der Waals surface area contributed by atoms with E-state index in [1.807, 2.05) is 0 Å². The van der Waals surface area contributed by atoms with Gasteiger partial charge < -0.3 is 40.7 Å². The van der Waals surface area contributed by atoms with E-state index in [9.17, 15) is 0 Å². The second-order valence-corrected chi connectivity index (χ2v) is 36.5. The van der Waals surface area contributed by atoms with Gasteiger partial charge >= 0.3 is 0 Å². The van der Waals surface area contributed by atoms with Crippen LogP contribution in [0.15, 0.2) is 523 Å². The lowest BCUT2D eigenvalue weighted by Gasteiger charge is -2.10. The van der Waals surface area contributed by atoms with Crippen molar-refractivity contribution in [3.8, 4) is 101 Å². The topological polar surface area (TPSA) is 69.0 Å². The van der Waals surface area contributed by atoms with Crippen molar-refractivity contribution in [2.75, 3.05) is 0 Å². The zero-order chi connectivity index (χ0) is 92.7. The van der Waals surface area contributed by atoms with Crippen molar-refractivity contribution in [3.05, 3.63) is 510 Å². The van der Waals surface area contributed by atoms with E-state index in [0.717, 1.165) is 133 Å². The molecule has 0 aliphatic heterocycles. The monoisotopic (exact) mass is 1800 g/mol. The maximum Gasteiger partial charge on any atom is 0.161 e. The van der Waals surface area contributed by atoms with Gasteiger partial charge in [-0.1, -0.05) is 322 Å². The molecule has 30 aromatic rings. The van der Waals surface area contributed by atoms with Gasteiger partial charge in [0, 0.05) is 98.8 Å². The average molecular weight is 1800 g/mol. The van der Waals surface area contributed by atoms with Gasteiger partial charge in [-0.15, -0.1) is 0 Å². The molecule has 0 aliphatic carbocycles. The molecule has 0 bridgehead atoms. The van der Waals surface area contributed by atoms with E-state index in [4.69, 9.17) is 13.3 Å². The van der Waals surface area contributed by atoms with Gasteiger partial charge in [0.2, 0.25) is 0 Å². The smallest absolute Gasteiger partial charge is 0.161 e. The van der Waals surface area contributed by atoms with Gasteiger partial charge in [-0.3, -0.25) is 0 Å². The molecule has 0 fully saturated rings. The highest BCUT2D eigenvalue weighted by Crippen LogP contribution is 2.48. The largest absolute Gasteiger partial charge is 0.454 e. The van der Waals surface area contributed by atoms with Gasteiger partial charge in [0.05, 0.1) is 49.7 Å². The Morgan fingerprint density at radius 3 is 0.730 bits per heavy atom. The first kappa shape index (κ1) is 80.5. The highest BCUT2D eigenvalue weighted by atomic mass is 16.3. The highest BCUT2D eigenvalue weighted by molar-refractivity contribution is 6.22. The molecule has 0 radical (unpaired) electrons. The van der Waals surface area contributed by atoms with Crippen molar-refractivity contribution in [3.63, 3.8) is 0 Å². The molecular weight excluding hydrogens is 1720 g/mol. The summed E-state index contributed by atoms with van der Waals surface area (Å²) in [5.41, 5.74) is 40.6. The molecule has 21 aromatic carbocycles. The molecule has 30 rings (SSSR count). The Labute approximate surface area is 809 Å². The summed E-state index contributed by atoms with van der Waals surface area (Å²) in [6.07, 6.45) is 0. The van der Waals surface area contributed by atoms with E-state index in [0.29, 0.717) is 0 Å². The number of hydrogen-bond acceptors (Lipinski definition) is 3. The van der Waals surface area contributed by atoms with E-state index in [1.165, 1.54) is 133 Å². The number of nitrogens with zero attached hydrogens (tertiary/aromatic N) is 6. The van der Waals surface area contributed by atoms with E-state index in [-0.39, 0.29) is 0 Å². The fraction of sp³-hybridized carbons (Fsp3) is 0. The third kappa shape index (κ3) is 13.2. The average Bonchev–Trinajstić information content (AvgIpc) is 1.56. The van der Waals surface area contributed by atoms with Crippen LogP contribution in [0.3, 0.4) is 0 Å². The Hall–Kier alpha value is -19.0. The third-order valence-electron chi connectivity index (χ3n) is 28.6. The van der Waals surface area contributed by atoms with Crippen LogP contribution in [-0.2, 0) is 0 Å². The predicted molar refractivity (Wildman–Crippen MR) is 587 cm³/mol. The maximum atomic E-state index is 6.52. The molecule has 0 aliphatic rings. The molecule has 0 spiro atoms. The summed E-state index contributed by atoms with van der Waals surface area (Å²) in [5, 5.41) is 14.3. The van der Waals surface area contributed by atoms with Gasteiger partial charge in [0.15, 0.2) is 16.7 Å². The van der Waals surface area contributed by atoms with Crippen LogP contribution in [0.5, 0.6) is 0 Å². The standard InChI is InChI=1S/3C44H28N2O/c1-3-12-32(13-4-1)45-38-19-9-7-16-35(38)42-34(18-11-21-40(42)45)30-24-22-29(23-25-30)31-26-27-41-37(28-31)43-44(47-41)36-17-8-10-20-39(36)46(43)33-14-5-2-6-15-33;1-3-11-33(12-4-1)45-39-17-9-7-15-35(39)36-25-23-32(28-41(36)45)30-21-19-29(20-22-30)31-24-26-42-38(27-31)43-44(47-42)37-16-8-10-18-40(37)46(43)34-13-5-2-6-14-34;1-3-11-33(12-4-1)45-39-17-9-7-15-35(39)37-27-31(23-25-41(37)45)29-19-21-30(22-20-29)32-24-26-42-38(28-32)43-44(47-42)36-16-8-10-18-40(36)46(43)34-13-5-2-6-14-34/h3*1-28H. The minimum atomic E-state index is 0.896. The van der Waals surface area contributed by atoms with Crippen LogP contribution >= 0.6 is 0 Å². The van der Waals surface area contributed by atoms with Crippen LogP contribution in [0, 0.1) is 0 Å². The first-order valence-corrected chi connectivity index (χ1v) is 48.1. The highest BCUT2D eigenvalue weighted by Gasteiger charge is 2.27. The van der Waals surface area contributed by atoms with Crippen LogP contribution < -0.4 is 0 Å². The second-order valence-electron chi connectivity index (χ2n) is 36.5. The zero-order valence-electron chi connectivity index (χ0n) is 76.4. The zero-order valence-corrected chi connectivity index (χ0v) is 76.4. The van der Waals surface area contributed by atoms with Crippen molar-refractivity contribution in [1.82, 2.24) is 27.4 Å². The molecule has 0 atom stereocenters. The van der Waals surface area contributed by atoms with E-state index in [1.54, 1.807) is 0 Å². The molecule has 9 heteroatoms. The number of benzene rings is 21. The van der Waals surface area contributed by atoms with Gasteiger partial charge in [0.1, 0.15) is 33.3 Å². The fourth-order valence-electron chi connectivity index (χ4n) is 22.2. The minimum Gasteiger partial charge on any atom is -0.454 e. The molecule has 0 saturated carbocycles. The number of para-hydroxylation sites is 12. The Balaban J connectivity index is 0.000000104. The Kier molecular flexibility index (Phi) is 18.8. The molecule has 9 nitrogen and oxygen atoms in total. The molecule has 660 valence electrons. The van der Waals surface area contributed by atoms with Gasteiger partial charge in [0.25, 0.3) is 0 Å². The van der Waals surface area contributed by atoms with E-state index < -0.39 is 0 Å². The van der Waals surface area contributed by atoms with Gasteiger partial charge in [-0.2, -0.15) is 0 Å². The van der Waals surface area contributed by atoms with Crippen molar-refractivity contribution >= 4 is 164 Å². The summed E-state index contributed by atoms with van der Waals surface area (Å²) >= 11 is 0. The summed E-state index contributed by atoms with van der Waals surface area (Å²) in [6, 6.07) is 182. The van der Waals surface area contributed by atoms with Crippen molar-refractivity contribution in [2.24, 2.45) is 0 Å². The summed E-state index contributed by atoms with van der Waals surface area (Å²) in [4.78, 5) is 0. The van der Waals surface area contributed by atoms with Crippen LogP contribution in [0.25, 0.3) is 265 Å². The fourth-order valence-corrected chi connectivity index (χ4v) is 22.2. The lowest BCUT2D eigenvalue weighted by atomic mass is 9.96. The first-order chi connectivity index (χ1) is 70.0. The van der Waals surface area contributed by atoms with E-state index >= 15 is 0 Å². The SMILES string of the molecule is c1ccc(-n2c3ccccc3c3c(-c4ccc(-c5ccc6oc7c8ccccc8n(-c8ccccc8)c7c6c5)cc4)cccc32)cc1.c1ccc(-n2c3ccccc3c3cc(-c4ccc(-c5ccc6oc7c8ccccc8n(-c8ccccc8)c7c6c5)cc4)ccc32)cc1.c1ccc(-n2c3ccccc3c3ccc(-c4ccc(-c5ccc6oc7c8ccccc8n(-c8ccccc8)c7c6c5)cc4)cc32)cc1. The molecule has 9 aromatic heterocycles. The summed E-state index contributed by atoms with van der Waals surface area (Å²) < 4.78 is 33.6. The molecule has 0 N–H and O–H groups in total. The lowest BCUT2D eigenvalue weighted by molar-refractivity contribution is 0.672. The van der Waals surface area contributed by atoms with Crippen LogP contribution in [-0.4, -0.2) is 27.4 Å². The number of fused-ring (bicyclic) bond motifs is 24. The lowest BCUT2D eigenvalue weighted by Crippen LogP contribution is -1.93. The predicted octanol–water partition coefficient (Wildman–Crippen LogP) is 35.9. The number of rotatable bonds is 12. The second kappa shape index (κ2) is 33.0. The Morgan fingerprint density at radius 2 is 0.362 bits per heavy atom. The number of hydrogen-bond donors (Lipinski definition) is 0. The molecule has 0 saturated heterocycles. The Bertz CT molecular complexity index is 10100. The quantitative estimate of drug-likeness (QED) is 0.122. The van der Waals surface area contributed by atoms with Crippen LogP contribution in [0.4, 0.5) is 0 Å². The first-order valence-electron chi connectivity index (χ1n) is 48.1. The number of furan rings is 3. The molecule has 0 unspecified atom stereocenters. The molecular formula is C132H84N6O3. The van der Waals surface area contributed by atoms with Gasteiger partial charge in [-0.05, 0) is 255 Å². The number of aromatic nitrogens is 6. The summed E-state index contributed by atoms with van der Waals surface area (Å²) in [7, 11) is 0. The summed E-state index contributed by atoms with van der Waals surface area (Å²) in [5.74, 6) is 0. The van der Waals surface area contributed by atoms with Crippen molar-refractivity contribution in [1.29, 1.82) is 0 Å². The van der Waals surface area contributed by atoms with Crippen molar-refractivity contribution < 1.29 is 13.3 Å². The summed E-state index contributed by atoms with van der Waals surface area (Å²) in [6.45, 7) is 0. The minimum absolute atomic E-state index is 0.896. The molecule has 0 amide bonds. The van der Waals surface area contributed by atoms with Crippen molar-refractivity contribution in [2.45, 2.75) is 0 Å². The molecule has 141 heavy (non-hydrogen) atoms. The van der Waals surface area contributed by atoms with Crippen LogP contribution in [0.2, 0.25) is 0 Å².